The molecule has 4 aromatic heterocycles. The third-order valence-electron chi connectivity index (χ3n) is 8.75. The summed E-state index contributed by atoms with van der Waals surface area (Å²) in [5, 5.41) is 21.9. The quantitative estimate of drug-likeness (QED) is 0.250. The lowest BCUT2D eigenvalue weighted by Gasteiger charge is -2.14. The van der Waals surface area contributed by atoms with E-state index in [-0.39, 0.29) is 37.1 Å². The van der Waals surface area contributed by atoms with Crippen molar-refractivity contribution in [1.82, 2.24) is 29.1 Å². The molecule has 15 nitrogen and oxygen atoms in total. The van der Waals surface area contributed by atoms with Crippen LogP contribution in [0.2, 0.25) is 0 Å². The van der Waals surface area contributed by atoms with Gasteiger partial charge in [0.25, 0.3) is 0 Å². The summed E-state index contributed by atoms with van der Waals surface area (Å²) in [6.45, 7) is 6.03. The summed E-state index contributed by atoms with van der Waals surface area (Å²) in [5.74, 6) is 0.263. The van der Waals surface area contributed by atoms with Crippen LogP contribution in [0.3, 0.4) is 0 Å². The molecule has 240 valence electrons. The van der Waals surface area contributed by atoms with Gasteiger partial charge in [-0.2, -0.15) is 16.8 Å². The zero-order chi connectivity index (χ0) is 31.8. The molecule has 0 aromatic carbocycles. The second-order valence-corrected chi connectivity index (χ2v) is 14.2. The lowest BCUT2D eigenvalue weighted by atomic mass is 10.00. The summed E-state index contributed by atoms with van der Waals surface area (Å²) in [6, 6.07) is 4.31. The van der Waals surface area contributed by atoms with E-state index in [0.717, 1.165) is 46.3 Å². The van der Waals surface area contributed by atoms with Crippen LogP contribution in [0.4, 0.5) is 0 Å². The molecule has 44 heavy (non-hydrogen) atoms. The Morgan fingerprint density at radius 2 is 1.23 bits per heavy atom. The number of aromatic nitrogens is 6. The Bertz CT molecular complexity index is 1710. The molecule has 17 heteroatoms. The van der Waals surface area contributed by atoms with Gasteiger partial charge in [-0.25, -0.2) is 30.2 Å². The van der Waals surface area contributed by atoms with Crippen molar-refractivity contribution >= 4 is 42.7 Å². The van der Waals surface area contributed by atoms with E-state index < -0.39 is 26.7 Å². The monoisotopic (exact) mass is 650 g/mol. The van der Waals surface area contributed by atoms with Crippen molar-refractivity contribution in [3.63, 3.8) is 0 Å². The Balaban J connectivity index is 0.000000175. The molecule has 2 aliphatic carbocycles. The minimum atomic E-state index is -3.99. The minimum absolute atomic E-state index is 0.0379. The van der Waals surface area contributed by atoms with Crippen molar-refractivity contribution in [3.8, 4) is 0 Å². The average molecular weight is 651 g/mol. The van der Waals surface area contributed by atoms with E-state index in [2.05, 4.69) is 35.6 Å². The maximum atomic E-state index is 11.0. The highest BCUT2D eigenvalue weighted by atomic mass is 32.2. The first-order valence-corrected chi connectivity index (χ1v) is 17.2. The smallest absolute Gasteiger partial charge is 0.333 e. The molecule has 0 aliphatic heterocycles. The van der Waals surface area contributed by atoms with E-state index in [1.54, 1.807) is 6.33 Å². The maximum Gasteiger partial charge on any atom is 0.333 e. The first-order valence-electron chi connectivity index (χ1n) is 14.3. The highest BCUT2D eigenvalue weighted by Gasteiger charge is 2.36. The van der Waals surface area contributed by atoms with E-state index in [1.165, 1.54) is 6.33 Å². The summed E-state index contributed by atoms with van der Waals surface area (Å²) >= 11 is 0. The molecule has 0 amide bonds. The van der Waals surface area contributed by atoms with Crippen LogP contribution in [0.1, 0.15) is 56.1 Å². The Morgan fingerprint density at radius 3 is 1.73 bits per heavy atom. The second kappa shape index (κ2) is 12.7. The molecule has 0 saturated heterocycles. The number of aliphatic hydroxyl groups is 1. The number of fused-ring (bicyclic) bond motifs is 2. The number of aliphatic hydroxyl groups excluding tert-OH is 1. The number of nitrogens with two attached hydrogens (primary N) is 2. The fourth-order valence-electron chi connectivity index (χ4n) is 6.39. The normalized spacial score (nSPS) is 25.9. The number of hydrogen-bond acceptors (Lipinski definition) is 11. The second-order valence-electron chi connectivity index (χ2n) is 11.7. The molecule has 5 N–H and O–H groups in total. The van der Waals surface area contributed by atoms with Crippen LogP contribution in [-0.2, 0) is 29.0 Å². The molecule has 0 spiro atoms. The van der Waals surface area contributed by atoms with Gasteiger partial charge < -0.3 is 14.2 Å². The zero-order valence-corrected chi connectivity index (χ0v) is 26.4. The SMILES string of the molecule is Cc1ncnc2c1ccn2[C@@H]1C[C@@H](COS(N)(=O)=O)[C@@H](C)C1.Cc1ncnc2c1ccn2[C@@H]1C[C@@H](COS(N)(=O)=O)[C@@H](O)C1. The van der Waals surface area contributed by atoms with Crippen LogP contribution in [0, 0.1) is 31.6 Å². The van der Waals surface area contributed by atoms with Gasteiger partial charge in [-0.3, -0.25) is 8.37 Å². The summed E-state index contributed by atoms with van der Waals surface area (Å²) in [4.78, 5) is 17.1. The topological polar surface area (TPSA) is 220 Å². The molecule has 2 saturated carbocycles. The fourth-order valence-corrected chi connectivity index (χ4v) is 7.12. The lowest BCUT2D eigenvalue weighted by Crippen LogP contribution is -2.24. The van der Waals surface area contributed by atoms with Crippen LogP contribution < -0.4 is 10.3 Å². The fraction of sp³-hybridized carbons (Fsp3) is 0.556. The number of hydrogen-bond donors (Lipinski definition) is 3. The number of aryl methyl sites for hydroxylation is 2. The molecule has 6 rings (SSSR count). The van der Waals surface area contributed by atoms with Crippen LogP contribution in [0.25, 0.3) is 22.1 Å². The molecular formula is C27H38N8O7S2. The average Bonchev–Trinajstić information content (AvgIpc) is 3.71. The van der Waals surface area contributed by atoms with Gasteiger partial charge in [-0.15, -0.1) is 0 Å². The summed E-state index contributed by atoms with van der Waals surface area (Å²) in [5.41, 5.74) is 3.61. The van der Waals surface area contributed by atoms with E-state index in [4.69, 9.17) is 14.5 Å². The van der Waals surface area contributed by atoms with Gasteiger partial charge in [-0.1, -0.05) is 6.92 Å². The Morgan fingerprint density at radius 1 is 0.773 bits per heavy atom. The van der Waals surface area contributed by atoms with E-state index >= 15 is 0 Å². The summed E-state index contributed by atoms with van der Waals surface area (Å²) in [7, 11) is -7.86. The molecule has 4 heterocycles. The Hall–Kier alpha value is -3.06. The zero-order valence-electron chi connectivity index (χ0n) is 24.7. The predicted molar refractivity (Wildman–Crippen MR) is 161 cm³/mol. The Kier molecular flexibility index (Phi) is 9.36. The van der Waals surface area contributed by atoms with E-state index in [9.17, 15) is 21.9 Å². The third-order valence-corrected chi connectivity index (χ3v) is 9.68. The molecule has 2 aliphatic rings. The molecule has 4 aromatic rings. The van der Waals surface area contributed by atoms with Crippen molar-refractivity contribution in [2.24, 2.45) is 28.0 Å². The van der Waals surface area contributed by atoms with Crippen LogP contribution in [-0.4, -0.2) is 70.3 Å². The lowest BCUT2D eigenvalue weighted by molar-refractivity contribution is 0.100. The van der Waals surface area contributed by atoms with Gasteiger partial charge in [0, 0.05) is 41.2 Å². The highest BCUT2D eigenvalue weighted by Crippen LogP contribution is 2.41. The van der Waals surface area contributed by atoms with Gasteiger partial charge in [0.05, 0.1) is 30.7 Å². The van der Waals surface area contributed by atoms with Crippen molar-refractivity contribution in [2.75, 3.05) is 13.2 Å². The summed E-state index contributed by atoms with van der Waals surface area (Å²) < 4.78 is 57.2. The van der Waals surface area contributed by atoms with Gasteiger partial charge >= 0.3 is 20.6 Å². The standard InChI is InChI=1S/C14H20N4O3S.C13H18N4O4S/c1-9-5-12(6-11(9)7-21-22(15,19)20)18-4-3-13-10(2)16-8-17-14(13)18;1-8-11-2-3-17(13(11)16-7-15-8)10-4-9(12(18)5-10)6-21-22(14,19)20/h3-4,8-9,11-12H,5-7H2,1-2H3,(H2,15,19,20);2-3,7,9-10,12,18H,4-6H2,1H3,(H2,14,19,20)/t9-,11-,12-;9-,10+,12-/m00/s1. The van der Waals surface area contributed by atoms with Crippen molar-refractivity contribution in [3.05, 3.63) is 48.6 Å². The maximum absolute atomic E-state index is 11.0. The largest absolute Gasteiger partial charge is 0.393 e. The third kappa shape index (κ3) is 7.42. The molecule has 0 radical (unpaired) electrons. The van der Waals surface area contributed by atoms with Crippen molar-refractivity contribution < 1.29 is 30.3 Å². The van der Waals surface area contributed by atoms with E-state index in [1.807, 2.05) is 42.9 Å². The van der Waals surface area contributed by atoms with Gasteiger partial charge in [-0.05, 0) is 63.5 Å². The van der Waals surface area contributed by atoms with Gasteiger partial charge in [0.1, 0.15) is 23.9 Å². The molecule has 0 unspecified atom stereocenters. The summed E-state index contributed by atoms with van der Waals surface area (Å²) in [6.07, 6.45) is 9.35. The van der Waals surface area contributed by atoms with E-state index in [0.29, 0.717) is 18.8 Å². The van der Waals surface area contributed by atoms with Crippen molar-refractivity contribution in [1.29, 1.82) is 0 Å². The first-order chi connectivity index (χ1) is 20.7. The molecule has 0 bridgehead atoms. The number of rotatable bonds is 8. The van der Waals surface area contributed by atoms with Crippen LogP contribution in [0.5, 0.6) is 0 Å². The highest BCUT2D eigenvalue weighted by molar-refractivity contribution is 7.84. The number of nitrogens with zero attached hydrogens (tertiary/aromatic N) is 6. The predicted octanol–water partition coefficient (Wildman–Crippen LogP) is 1.82. The minimum Gasteiger partial charge on any atom is -0.393 e. The van der Waals surface area contributed by atoms with Crippen LogP contribution >= 0.6 is 0 Å². The van der Waals surface area contributed by atoms with Gasteiger partial charge in [0.15, 0.2) is 0 Å². The van der Waals surface area contributed by atoms with Crippen LogP contribution in [0.15, 0.2) is 37.2 Å². The Labute approximate surface area is 256 Å². The molecule has 6 atom stereocenters. The molecule has 2 fully saturated rings. The first kappa shape index (κ1) is 32.3. The van der Waals surface area contributed by atoms with Crippen molar-refractivity contribution in [2.45, 2.75) is 64.6 Å². The van der Waals surface area contributed by atoms with Gasteiger partial charge in [0.2, 0.25) is 0 Å². The molecular weight excluding hydrogens is 612 g/mol.